The predicted molar refractivity (Wildman–Crippen MR) is 87.0 cm³/mol. The van der Waals surface area contributed by atoms with E-state index in [0.717, 1.165) is 16.8 Å². The van der Waals surface area contributed by atoms with Crippen molar-refractivity contribution in [2.45, 2.75) is 19.0 Å². The number of hydrogen-bond donors (Lipinski definition) is 2. The Morgan fingerprint density at radius 3 is 3.00 bits per heavy atom. The van der Waals surface area contributed by atoms with Gasteiger partial charge in [-0.3, -0.25) is 4.98 Å². The fraction of sp³-hybridized carbons (Fsp3) is 0.250. The lowest BCUT2D eigenvalue weighted by Gasteiger charge is -2.37. The van der Waals surface area contributed by atoms with Crippen molar-refractivity contribution in [2.75, 3.05) is 11.9 Å². The lowest BCUT2D eigenvalue weighted by molar-refractivity contribution is 0.167. The monoisotopic (exact) mass is 317 g/mol. The first-order valence-corrected chi connectivity index (χ1v) is 7.44. The highest BCUT2D eigenvalue weighted by molar-refractivity contribution is 7.80. The third kappa shape index (κ3) is 3.08. The molecule has 0 bridgehead atoms. The van der Waals surface area contributed by atoms with Gasteiger partial charge in [0.1, 0.15) is 5.82 Å². The van der Waals surface area contributed by atoms with E-state index >= 15 is 0 Å². The topological polar surface area (TPSA) is 48.4 Å². The zero-order chi connectivity index (χ0) is 15.5. The van der Waals surface area contributed by atoms with Crippen LogP contribution in [0.4, 0.5) is 10.1 Å². The summed E-state index contributed by atoms with van der Waals surface area (Å²) in [7, 11) is 0. The van der Waals surface area contributed by atoms with Crippen LogP contribution in [0.1, 0.15) is 11.1 Å². The molecule has 0 amide bonds. The minimum absolute atomic E-state index is 0.0369. The molecule has 2 N–H and O–H groups in total. The van der Waals surface area contributed by atoms with Gasteiger partial charge in [0.15, 0.2) is 5.11 Å². The van der Waals surface area contributed by atoms with Crippen molar-refractivity contribution in [1.29, 1.82) is 0 Å². The van der Waals surface area contributed by atoms with Gasteiger partial charge in [-0.25, -0.2) is 4.39 Å². The zero-order valence-corrected chi connectivity index (χ0v) is 12.7. The second-order valence-electron chi connectivity index (χ2n) is 5.25. The van der Waals surface area contributed by atoms with Crippen LogP contribution in [0.2, 0.25) is 0 Å². The number of halogens is 1. The van der Waals surface area contributed by atoms with Gasteiger partial charge < -0.3 is 15.3 Å². The minimum Gasteiger partial charge on any atom is -0.394 e. The summed E-state index contributed by atoms with van der Waals surface area (Å²) in [5.74, 6) is -0.250. The molecule has 114 valence electrons. The van der Waals surface area contributed by atoms with E-state index < -0.39 is 0 Å². The number of aromatic nitrogens is 1. The van der Waals surface area contributed by atoms with Crippen molar-refractivity contribution in [3.8, 4) is 0 Å². The summed E-state index contributed by atoms with van der Waals surface area (Å²) >= 11 is 5.46. The van der Waals surface area contributed by atoms with Gasteiger partial charge in [0.2, 0.25) is 0 Å². The van der Waals surface area contributed by atoms with E-state index in [2.05, 4.69) is 10.3 Å². The van der Waals surface area contributed by atoms with Gasteiger partial charge in [0.25, 0.3) is 0 Å². The molecular formula is C16H16FN3OS. The molecule has 0 saturated carbocycles. The molecule has 0 saturated heterocycles. The summed E-state index contributed by atoms with van der Waals surface area (Å²) in [6, 6.07) is 8.30. The third-order valence-corrected chi connectivity index (χ3v) is 4.13. The molecule has 4 nitrogen and oxygen atoms in total. The molecule has 1 unspecified atom stereocenters. The van der Waals surface area contributed by atoms with E-state index in [1.165, 1.54) is 12.1 Å². The van der Waals surface area contributed by atoms with Crippen LogP contribution >= 0.6 is 12.2 Å². The van der Waals surface area contributed by atoms with Crippen molar-refractivity contribution in [3.63, 3.8) is 0 Å². The summed E-state index contributed by atoms with van der Waals surface area (Å²) in [4.78, 5) is 5.97. The van der Waals surface area contributed by atoms with Crippen molar-refractivity contribution >= 4 is 23.0 Å². The first-order valence-electron chi connectivity index (χ1n) is 7.03. The van der Waals surface area contributed by atoms with Crippen LogP contribution in [0.15, 0.2) is 42.7 Å². The largest absolute Gasteiger partial charge is 0.394 e. The lowest BCUT2D eigenvalue weighted by atomic mass is 9.94. The number of aliphatic hydroxyl groups excluding tert-OH is 1. The Morgan fingerprint density at radius 1 is 1.41 bits per heavy atom. The van der Waals surface area contributed by atoms with E-state index in [1.807, 2.05) is 17.0 Å². The SMILES string of the molecule is OCC1Cc2cc(F)ccc2CN1C(=S)Nc1cccnc1. The standard InChI is InChI=1S/C16H16FN3OS/c17-13-4-3-11-9-20(15(10-21)7-12(11)6-13)16(22)19-14-2-1-5-18-8-14/h1-6,8,15,21H,7,9-10H2,(H,19,22). The first-order chi connectivity index (χ1) is 10.7. The number of nitrogens with one attached hydrogen (secondary N) is 1. The van der Waals surface area contributed by atoms with Gasteiger partial charge in [0, 0.05) is 12.7 Å². The molecular weight excluding hydrogens is 301 g/mol. The van der Waals surface area contributed by atoms with Crippen LogP contribution < -0.4 is 5.32 Å². The van der Waals surface area contributed by atoms with Crippen LogP contribution in [0.5, 0.6) is 0 Å². The van der Waals surface area contributed by atoms with Crippen LogP contribution in [-0.2, 0) is 13.0 Å². The van der Waals surface area contributed by atoms with Gasteiger partial charge >= 0.3 is 0 Å². The Bertz CT molecular complexity index is 680. The number of anilines is 1. The van der Waals surface area contributed by atoms with E-state index in [1.54, 1.807) is 18.5 Å². The van der Waals surface area contributed by atoms with Crippen LogP contribution in [0.3, 0.4) is 0 Å². The number of nitrogens with zero attached hydrogens (tertiary/aromatic N) is 2. The molecule has 0 fully saturated rings. The van der Waals surface area contributed by atoms with Gasteiger partial charge in [-0.05, 0) is 54.0 Å². The Morgan fingerprint density at radius 2 is 2.27 bits per heavy atom. The fourth-order valence-corrected chi connectivity index (χ4v) is 2.98. The summed E-state index contributed by atoms with van der Waals surface area (Å²) < 4.78 is 13.3. The van der Waals surface area contributed by atoms with Gasteiger partial charge in [-0.2, -0.15) is 0 Å². The lowest BCUT2D eigenvalue weighted by Crippen LogP contribution is -2.48. The van der Waals surface area contributed by atoms with Crippen LogP contribution in [-0.4, -0.2) is 32.8 Å². The highest BCUT2D eigenvalue weighted by Gasteiger charge is 2.27. The van der Waals surface area contributed by atoms with Crippen LogP contribution in [0, 0.1) is 5.82 Å². The summed E-state index contributed by atoms with van der Waals surface area (Å²) in [5, 5.41) is 13.3. The summed E-state index contributed by atoms with van der Waals surface area (Å²) in [5.41, 5.74) is 2.76. The average Bonchev–Trinajstić information content (AvgIpc) is 2.54. The first kappa shape index (κ1) is 14.9. The molecule has 0 aliphatic carbocycles. The molecule has 2 heterocycles. The van der Waals surface area contributed by atoms with Crippen LogP contribution in [0.25, 0.3) is 0 Å². The molecule has 22 heavy (non-hydrogen) atoms. The maximum Gasteiger partial charge on any atom is 0.174 e. The molecule has 0 radical (unpaired) electrons. The second kappa shape index (κ2) is 6.37. The number of fused-ring (bicyclic) bond motifs is 1. The molecule has 3 rings (SSSR count). The Hall–Kier alpha value is -2.05. The van der Waals surface area contributed by atoms with Crippen molar-refractivity contribution < 1.29 is 9.50 Å². The highest BCUT2D eigenvalue weighted by atomic mass is 32.1. The maximum absolute atomic E-state index is 13.3. The van der Waals surface area contributed by atoms with Crippen molar-refractivity contribution in [2.24, 2.45) is 0 Å². The highest BCUT2D eigenvalue weighted by Crippen LogP contribution is 2.25. The summed E-state index contributed by atoms with van der Waals surface area (Å²) in [6.07, 6.45) is 3.95. The number of hydrogen-bond acceptors (Lipinski definition) is 3. The fourth-order valence-electron chi connectivity index (χ4n) is 2.65. The minimum atomic E-state index is -0.250. The number of thiocarbonyl (C=S) groups is 1. The number of rotatable bonds is 2. The molecule has 1 atom stereocenters. The molecule has 2 aromatic rings. The Balaban J connectivity index is 1.80. The van der Waals surface area contributed by atoms with E-state index in [0.29, 0.717) is 18.1 Å². The van der Waals surface area contributed by atoms with E-state index in [4.69, 9.17) is 12.2 Å². The quantitative estimate of drug-likeness (QED) is 0.833. The average molecular weight is 317 g/mol. The third-order valence-electron chi connectivity index (χ3n) is 3.79. The molecule has 1 aliphatic rings. The number of aliphatic hydroxyl groups is 1. The number of benzene rings is 1. The van der Waals surface area contributed by atoms with Gasteiger partial charge in [-0.15, -0.1) is 0 Å². The molecule has 1 aliphatic heterocycles. The zero-order valence-electron chi connectivity index (χ0n) is 11.9. The summed E-state index contributed by atoms with van der Waals surface area (Å²) in [6.45, 7) is 0.512. The molecule has 6 heteroatoms. The molecule has 0 spiro atoms. The van der Waals surface area contributed by atoms with Gasteiger partial charge in [0.05, 0.1) is 24.5 Å². The van der Waals surface area contributed by atoms with Gasteiger partial charge in [-0.1, -0.05) is 6.07 Å². The van der Waals surface area contributed by atoms with E-state index in [9.17, 15) is 9.50 Å². The maximum atomic E-state index is 13.3. The molecule has 1 aromatic heterocycles. The van der Waals surface area contributed by atoms with Crippen molar-refractivity contribution in [3.05, 3.63) is 59.7 Å². The molecule has 1 aromatic carbocycles. The smallest absolute Gasteiger partial charge is 0.174 e. The Labute approximate surface area is 133 Å². The normalized spacial score (nSPS) is 17.0. The Kier molecular flexibility index (Phi) is 4.31. The van der Waals surface area contributed by atoms with E-state index in [-0.39, 0.29) is 18.5 Å². The number of pyridine rings is 1. The second-order valence-corrected chi connectivity index (χ2v) is 5.64. The predicted octanol–water partition coefficient (Wildman–Crippen LogP) is 2.34. The van der Waals surface area contributed by atoms with Crippen molar-refractivity contribution in [1.82, 2.24) is 9.88 Å².